The van der Waals surface area contributed by atoms with Crippen LogP contribution >= 0.6 is 0 Å². The number of hydrogen-bond acceptors (Lipinski definition) is 9. The Hall–Kier alpha value is -9.34. The first-order valence-corrected chi connectivity index (χ1v) is 35.1. The van der Waals surface area contributed by atoms with Gasteiger partial charge >= 0.3 is 20.1 Å². The predicted octanol–water partition coefficient (Wildman–Crippen LogP) is 22.5. The molecule has 0 spiro atoms. The second-order valence-electron chi connectivity index (χ2n) is 24.5. The van der Waals surface area contributed by atoms with E-state index in [9.17, 15) is 0 Å². The number of aromatic nitrogens is 9. The molecule has 0 N–H and O–H groups in total. The first-order valence-electron chi connectivity index (χ1n) is 35.1. The Morgan fingerprint density at radius 1 is 0.258 bits per heavy atom. The van der Waals surface area contributed by atoms with Crippen LogP contribution in [-0.4, -0.2) is 44.9 Å². The van der Waals surface area contributed by atoms with Gasteiger partial charge in [0, 0.05) is 46.4 Å². The maximum Gasteiger partial charge on any atom is 3.00 e. The summed E-state index contributed by atoms with van der Waals surface area (Å²) in [7, 11) is 0. The first-order chi connectivity index (χ1) is 47.4. The number of unbranched alkanes of at least 4 members (excludes halogenated alkanes) is 12. The molecule has 97 heavy (non-hydrogen) atoms. The molecule has 0 amide bonds. The Morgan fingerprint density at radius 3 is 0.856 bits per heavy atom. The molecule has 0 unspecified atom stereocenters. The number of benzene rings is 7. The van der Waals surface area contributed by atoms with Crippen molar-refractivity contribution in [1.82, 2.24) is 44.9 Å². The van der Waals surface area contributed by atoms with E-state index in [1.54, 1.807) is 12.4 Å². The van der Waals surface area contributed by atoms with E-state index in [1.165, 1.54) is 125 Å². The summed E-state index contributed by atoms with van der Waals surface area (Å²) < 4.78 is 0. The Morgan fingerprint density at radius 2 is 0.567 bits per heavy atom. The minimum Gasteiger partial charge on any atom is -0.305 e. The number of rotatable bonds is 29. The van der Waals surface area contributed by atoms with Crippen LogP contribution in [-0.2, 0) is 45.8 Å². The van der Waals surface area contributed by atoms with Gasteiger partial charge in [-0.15, -0.1) is 102 Å². The maximum absolute atomic E-state index is 5.06. The minimum absolute atomic E-state index is 0. The maximum atomic E-state index is 5.06. The van der Waals surface area contributed by atoms with Gasteiger partial charge in [-0.25, -0.2) is 29.9 Å². The molecule has 7 aromatic carbocycles. The Labute approximate surface area is 590 Å². The number of nitrogens with zero attached hydrogens (tertiary/aromatic N) is 9. The second-order valence-corrected chi connectivity index (χ2v) is 24.5. The van der Waals surface area contributed by atoms with Crippen LogP contribution in [0.5, 0.6) is 0 Å². The first kappa shape index (κ1) is 71.9. The van der Waals surface area contributed by atoms with Crippen LogP contribution in [0.15, 0.2) is 231 Å². The van der Waals surface area contributed by atoms with Gasteiger partial charge in [0.15, 0.2) is 29.1 Å². The van der Waals surface area contributed by atoms with Crippen molar-refractivity contribution in [2.24, 2.45) is 0 Å². The molecule has 0 aliphatic heterocycles. The molecule has 12 aromatic rings. The van der Waals surface area contributed by atoms with Crippen LogP contribution < -0.4 is 0 Å². The summed E-state index contributed by atoms with van der Waals surface area (Å²) in [5, 5.41) is 0. The monoisotopic (exact) mass is 1450 g/mol. The Bertz CT molecular complexity index is 3660. The molecule has 0 aliphatic rings. The van der Waals surface area contributed by atoms with E-state index in [1.807, 2.05) is 115 Å². The minimum atomic E-state index is 0. The summed E-state index contributed by atoms with van der Waals surface area (Å²) in [5.41, 5.74) is 16.6. The Kier molecular flexibility index (Phi) is 29.4. The molecule has 9 nitrogen and oxygen atoms in total. The van der Waals surface area contributed by atoms with Crippen molar-refractivity contribution in [1.29, 1.82) is 0 Å². The van der Waals surface area contributed by atoms with Gasteiger partial charge in [0.05, 0.1) is 0 Å². The van der Waals surface area contributed by atoms with Crippen LogP contribution in [0.25, 0.3) is 102 Å². The van der Waals surface area contributed by atoms with Crippen LogP contribution in [0.3, 0.4) is 0 Å². The second kappa shape index (κ2) is 39.6. The quantitative estimate of drug-likeness (QED) is 0.0334. The van der Waals surface area contributed by atoms with Crippen LogP contribution in [0, 0.1) is 18.2 Å². The topological polar surface area (TPSA) is 116 Å². The molecule has 0 fully saturated rings. The zero-order chi connectivity index (χ0) is 66.2. The van der Waals surface area contributed by atoms with Crippen molar-refractivity contribution >= 4 is 0 Å². The molecule has 0 aliphatic carbocycles. The van der Waals surface area contributed by atoms with Gasteiger partial charge in [-0.2, -0.15) is 0 Å². The molecule has 10 heteroatoms. The van der Waals surface area contributed by atoms with E-state index < -0.39 is 0 Å². The predicted molar refractivity (Wildman–Crippen MR) is 396 cm³/mol. The SMILES string of the molecule is CCCCCCc1ccc(-c2nc(-c3c[c-]c(-c4ccc(-c5nc(-c6ccc(CCCCCC)cc6)nc(-c6ccc(CCCCCC)cc6)n5)cn4)cc3)nc(-c3ccc(CCCCCC)cc3)n2)cc1.[Ir+3].[c-]1ccccc1-c1ccccn1.[c-]1ccccc1-c1ccccn1. The van der Waals surface area contributed by atoms with Crippen molar-refractivity contribution in [3.05, 3.63) is 271 Å². The smallest absolute Gasteiger partial charge is 0.305 e. The van der Waals surface area contributed by atoms with Gasteiger partial charge in [-0.3, -0.25) is 0 Å². The van der Waals surface area contributed by atoms with E-state index in [0.29, 0.717) is 34.9 Å². The van der Waals surface area contributed by atoms with Crippen LogP contribution in [0.4, 0.5) is 0 Å². The molecule has 0 radical (unpaired) electrons. The third-order valence-electron chi connectivity index (χ3n) is 17.1. The fourth-order valence-electron chi connectivity index (χ4n) is 11.4. The van der Waals surface area contributed by atoms with Crippen molar-refractivity contribution in [3.8, 4) is 102 Å². The summed E-state index contributed by atoms with van der Waals surface area (Å²) in [4.78, 5) is 43.7. The van der Waals surface area contributed by atoms with Crippen molar-refractivity contribution in [3.63, 3.8) is 0 Å². The van der Waals surface area contributed by atoms with Crippen molar-refractivity contribution in [2.45, 2.75) is 156 Å². The van der Waals surface area contributed by atoms with Crippen molar-refractivity contribution < 1.29 is 20.1 Å². The number of hydrogen-bond donors (Lipinski definition) is 0. The van der Waals surface area contributed by atoms with E-state index >= 15 is 0 Å². The van der Waals surface area contributed by atoms with E-state index in [-0.39, 0.29) is 20.1 Å². The fraction of sp³-hybridized carbons (Fsp3) is 0.276. The van der Waals surface area contributed by atoms with Gasteiger partial charge in [0.25, 0.3) is 0 Å². The molecule has 0 saturated heterocycles. The number of aryl methyl sites for hydroxylation is 4. The molecule has 492 valence electrons. The molecular weight excluding hydrogens is 1360 g/mol. The molecule has 12 rings (SSSR count). The summed E-state index contributed by atoms with van der Waals surface area (Å²) in [6, 6.07) is 82.3. The van der Waals surface area contributed by atoms with E-state index in [0.717, 1.165) is 92.8 Å². The largest absolute Gasteiger partial charge is 3.00 e. The van der Waals surface area contributed by atoms with Gasteiger partial charge in [-0.05, 0) is 103 Å². The van der Waals surface area contributed by atoms with E-state index in [4.69, 9.17) is 34.9 Å². The molecular formula is C87H90IrN9. The van der Waals surface area contributed by atoms with Gasteiger partial charge < -0.3 is 15.0 Å². The Balaban J connectivity index is 0.000000364. The molecule has 5 aromatic heterocycles. The van der Waals surface area contributed by atoms with E-state index in [2.05, 4.69) is 159 Å². The summed E-state index contributed by atoms with van der Waals surface area (Å²) in [6.45, 7) is 9.02. The van der Waals surface area contributed by atoms with Gasteiger partial charge in [0.1, 0.15) is 5.82 Å². The normalized spacial score (nSPS) is 10.8. The molecule has 5 heterocycles. The third-order valence-corrected chi connectivity index (χ3v) is 17.1. The van der Waals surface area contributed by atoms with Crippen LogP contribution in [0.1, 0.15) is 153 Å². The molecule has 0 atom stereocenters. The van der Waals surface area contributed by atoms with Gasteiger partial charge in [0.2, 0.25) is 0 Å². The summed E-state index contributed by atoms with van der Waals surface area (Å²) >= 11 is 0. The molecule has 0 saturated carbocycles. The average molecular weight is 1450 g/mol. The number of pyridine rings is 3. The standard InChI is InChI=1S/C65H74N7.2C11H8N.Ir/c1-5-9-13-17-21-48-25-33-53(34-26-48)60-67-61(54-35-27-49(28-36-54)22-18-14-10-6-2)69-64(68-60)57-43-41-52(42-44-57)59-46-45-58(47-66-59)65-71-62(55-37-29-50(30-38-55)23-19-15-11-7-3)70-63(72-65)56-39-31-51(32-40-56)24-20-16-12-8-4;2*1-2-6-10(7-3-1)11-8-4-5-9-12-11;/h25-41,43-47H,5-24H2,1-4H3;2*1-6,8-9H;/q3*-1;+3. The summed E-state index contributed by atoms with van der Waals surface area (Å²) in [6.07, 6.45) is 29.7. The molecule has 0 bridgehead atoms. The van der Waals surface area contributed by atoms with Gasteiger partial charge in [-0.1, -0.05) is 244 Å². The summed E-state index contributed by atoms with van der Waals surface area (Å²) in [5.74, 6) is 3.82. The van der Waals surface area contributed by atoms with Crippen LogP contribution in [0.2, 0.25) is 0 Å². The fourth-order valence-corrected chi connectivity index (χ4v) is 11.4. The zero-order valence-electron chi connectivity index (χ0n) is 56.9. The zero-order valence-corrected chi connectivity index (χ0v) is 59.3. The average Bonchev–Trinajstić information content (AvgIpc) is 0.818. The van der Waals surface area contributed by atoms with Crippen molar-refractivity contribution in [2.75, 3.05) is 0 Å². The third kappa shape index (κ3) is 22.4.